The highest BCUT2D eigenvalue weighted by molar-refractivity contribution is 7.07. The molecule has 0 saturated heterocycles. The number of methoxy groups -OCH3 is 3. The first kappa shape index (κ1) is 26.2. The van der Waals surface area contributed by atoms with Crippen LogP contribution in [0.2, 0.25) is 0 Å². The number of hydrogen-bond acceptors (Lipinski definition) is 8. The van der Waals surface area contributed by atoms with Crippen molar-refractivity contribution in [3.63, 3.8) is 0 Å². The first-order valence-corrected chi connectivity index (χ1v) is 13.2. The molecule has 8 nitrogen and oxygen atoms in total. The van der Waals surface area contributed by atoms with Gasteiger partial charge >= 0.3 is 5.97 Å². The zero-order valence-corrected chi connectivity index (χ0v) is 23.1. The number of ether oxygens (including phenoxy) is 4. The minimum atomic E-state index is -0.745. The third-order valence-corrected chi connectivity index (χ3v) is 7.66. The van der Waals surface area contributed by atoms with E-state index in [-0.39, 0.29) is 12.2 Å². The molecule has 9 heteroatoms. The van der Waals surface area contributed by atoms with Gasteiger partial charge in [-0.1, -0.05) is 41.7 Å². The van der Waals surface area contributed by atoms with Gasteiger partial charge in [-0.25, -0.2) is 9.79 Å². The molecular formula is C30H28N2O6S. The molecular weight excluding hydrogens is 516 g/mol. The number of fused-ring (bicyclic) bond motifs is 2. The minimum Gasteiger partial charge on any atom is -0.497 e. The van der Waals surface area contributed by atoms with E-state index >= 15 is 0 Å². The lowest BCUT2D eigenvalue weighted by Gasteiger charge is -2.26. The molecule has 4 aromatic rings. The maximum absolute atomic E-state index is 14.1. The largest absolute Gasteiger partial charge is 0.497 e. The number of carbonyl (C=O) groups excluding carboxylic acids is 1. The highest BCUT2D eigenvalue weighted by atomic mass is 32.1. The molecule has 0 aliphatic carbocycles. The predicted octanol–water partition coefficient (Wildman–Crippen LogP) is 3.98. The van der Waals surface area contributed by atoms with Crippen LogP contribution >= 0.6 is 11.3 Å². The van der Waals surface area contributed by atoms with E-state index in [9.17, 15) is 9.59 Å². The van der Waals surface area contributed by atoms with E-state index in [0.717, 1.165) is 16.3 Å². The molecule has 3 aromatic carbocycles. The summed E-state index contributed by atoms with van der Waals surface area (Å²) in [5, 5.41) is 1.74. The Morgan fingerprint density at radius 1 is 1.00 bits per heavy atom. The number of benzene rings is 3. The van der Waals surface area contributed by atoms with Gasteiger partial charge in [0.15, 0.2) is 4.80 Å². The van der Waals surface area contributed by atoms with E-state index < -0.39 is 12.0 Å². The van der Waals surface area contributed by atoms with E-state index in [0.29, 0.717) is 43.4 Å². The Balaban J connectivity index is 1.81. The van der Waals surface area contributed by atoms with Gasteiger partial charge in [0.05, 0.1) is 49.8 Å². The molecule has 1 aliphatic rings. The highest BCUT2D eigenvalue weighted by Crippen LogP contribution is 2.38. The molecule has 39 heavy (non-hydrogen) atoms. The Bertz CT molecular complexity index is 1800. The number of esters is 1. The molecule has 0 spiro atoms. The molecule has 0 amide bonds. The van der Waals surface area contributed by atoms with Crippen molar-refractivity contribution < 1.29 is 23.7 Å². The fourth-order valence-electron chi connectivity index (χ4n) is 4.89. The molecule has 1 aromatic heterocycles. The summed E-state index contributed by atoms with van der Waals surface area (Å²) in [4.78, 5) is 32.5. The molecule has 0 unspecified atom stereocenters. The average Bonchev–Trinajstić information content (AvgIpc) is 3.25. The van der Waals surface area contributed by atoms with E-state index in [1.54, 1.807) is 64.0 Å². The standard InChI is InChI=1S/C30H28N2O6S/c1-6-38-29(34)26-17(2)31-30-32(27(26)22-12-14-24(37-5)21-10-8-7-9-20(21)22)28(33)25(39-30)16-18-15-19(35-3)11-13-23(18)36-4/h7-16,27H,6H2,1-5H3/b25-16+/t27-/m0/s1. The summed E-state index contributed by atoms with van der Waals surface area (Å²) in [5.41, 5.74) is 2.02. The Labute approximate surface area is 229 Å². The molecule has 1 atom stereocenters. The lowest BCUT2D eigenvalue weighted by molar-refractivity contribution is -0.139. The van der Waals surface area contributed by atoms with Crippen molar-refractivity contribution in [3.05, 3.63) is 96.7 Å². The van der Waals surface area contributed by atoms with Gasteiger partial charge in [0.2, 0.25) is 0 Å². The van der Waals surface area contributed by atoms with Crippen LogP contribution < -0.4 is 29.1 Å². The number of aromatic nitrogens is 1. The van der Waals surface area contributed by atoms with Crippen LogP contribution in [-0.2, 0) is 9.53 Å². The second-order valence-corrected chi connectivity index (χ2v) is 9.82. The fraction of sp³-hybridized carbons (Fsp3) is 0.233. The van der Waals surface area contributed by atoms with Gasteiger partial charge in [-0.05, 0) is 55.1 Å². The van der Waals surface area contributed by atoms with Gasteiger partial charge in [-0.15, -0.1) is 0 Å². The molecule has 0 N–H and O–H groups in total. The number of hydrogen-bond donors (Lipinski definition) is 0. The normalized spacial score (nSPS) is 15.1. The van der Waals surface area contributed by atoms with E-state index in [4.69, 9.17) is 18.9 Å². The van der Waals surface area contributed by atoms with Gasteiger partial charge < -0.3 is 18.9 Å². The summed E-state index contributed by atoms with van der Waals surface area (Å²) in [6.07, 6.45) is 1.76. The van der Waals surface area contributed by atoms with Gasteiger partial charge in [-0.2, -0.15) is 0 Å². The first-order valence-electron chi connectivity index (χ1n) is 12.4. The molecule has 1 aliphatic heterocycles. The van der Waals surface area contributed by atoms with E-state index in [1.807, 2.05) is 36.4 Å². The van der Waals surface area contributed by atoms with Crippen molar-refractivity contribution in [1.29, 1.82) is 0 Å². The quantitative estimate of drug-likeness (QED) is 0.327. The Kier molecular flexibility index (Phi) is 7.26. The Morgan fingerprint density at radius 3 is 2.41 bits per heavy atom. The molecule has 200 valence electrons. The molecule has 0 fully saturated rings. The first-order chi connectivity index (χ1) is 18.9. The van der Waals surface area contributed by atoms with Crippen LogP contribution in [0, 0.1) is 0 Å². The summed E-state index contributed by atoms with van der Waals surface area (Å²) in [7, 11) is 4.77. The van der Waals surface area contributed by atoms with Crippen molar-refractivity contribution >= 4 is 34.2 Å². The van der Waals surface area contributed by atoms with E-state index in [1.165, 1.54) is 11.3 Å². The fourth-order valence-corrected chi connectivity index (χ4v) is 5.93. The number of carbonyl (C=O) groups is 1. The van der Waals surface area contributed by atoms with Crippen LogP contribution in [0.5, 0.6) is 17.2 Å². The van der Waals surface area contributed by atoms with Gasteiger partial charge in [0.1, 0.15) is 17.2 Å². The second kappa shape index (κ2) is 10.8. The SMILES string of the molecule is CCOC(=O)C1=C(C)N=c2s/c(=C/c3cc(OC)ccc3OC)c(=O)n2[C@H]1c1ccc(OC)c2ccccc12. The Hall–Kier alpha value is -4.37. The van der Waals surface area contributed by atoms with Crippen LogP contribution in [0.1, 0.15) is 31.0 Å². The summed E-state index contributed by atoms with van der Waals surface area (Å²) in [6, 6.07) is 16.2. The van der Waals surface area contributed by atoms with Crippen molar-refractivity contribution in [3.8, 4) is 17.2 Å². The maximum Gasteiger partial charge on any atom is 0.338 e. The van der Waals surface area contributed by atoms with E-state index in [2.05, 4.69) is 4.99 Å². The van der Waals surface area contributed by atoms with Crippen molar-refractivity contribution in [2.75, 3.05) is 27.9 Å². The molecule has 2 heterocycles. The van der Waals surface area contributed by atoms with Crippen LogP contribution in [0.4, 0.5) is 0 Å². The number of allylic oxidation sites excluding steroid dienone is 1. The summed E-state index contributed by atoms with van der Waals surface area (Å²) < 4.78 is 23.9. The lowest BCUT2D eigenvalue weighted by atomic mass is 9.91. The lowest BCUT2D eigenvalue weighted by Crippen LogP contribution is -2.40. The predicted molar refractivity (Wildman–Crippen MR) is 150 cm³/mol. The number of rotatable bonds is 7. The molecule has 0 saturated carbocycles. The number of nitrogens with zero attached hydrogens (tertiary/aromatic N) is 2. The third kappa shape index (κ3) is 4.59. The Morgan fingerprint density at radius 2 is 1.72 bits per heavy atom. The van der Waals surface area contributed by atoms with Gasteiger partial charge in [-0.3, -0.25) is 9.36 Å². The van der Waals surface area contributed by atoms with Gasteiger partial charge in [0.25, 0.3) is 5.56 Å². The highest BCUT2D eigenvalue weighted by Gasteiger charge is 2.34. The summed E-state index contributed by atoms with van der Waals surface area (Å²) >= 11 is 1.25. The summed E-state index contributed by atoms with van der Waals surface area (Å²) in [5.74, 6) is 1.43. The molecule has 5 rings (SSSR count). The molecule has 0 bridgehead atoms. The monoisotopic (exact) mass is 544 g/mol. The van der Waals surface area contributed by atoms with Crippen molar-refractivity contribution in [1.82, 2.24) is 4.57 Å². The zero-order chi connectivity index (χ0) is 27.7. The maximum atomic E-state index is 14.1. The second-order valence-electron chi connectivity index (χ2n) is 8.81. The van der Waals surface area contributed by atoms with Crippen molar-refractivity contribution in [2.45, 2.75) is 19.9 Å². The topological polar surface area (TPSA) is 88.4 Å². The van der Waals surface area contributed by atoms with Crippen LogP contribution in [-0.4, -0.2) is 38.5 Å². The smallest absolute Gasteiger partial charge is 0.338 e. The average molecular weight is 545 g/mol. The third-order valence-electron chi connectivity index (χ3n) is 6.67. The number of thiazole rings is 1. The van der Waals surface area contributed by atoms with Crippen LogP contribution in [0.3, 0.4) is 0 Å². The zero-order valence-electron chi connectivity index (χ0n) is 22.3. The van der Waals surface area contributed by atoms with Crippen LogP contribution in [0.25, 0.3) is 16.8 Å². The van der Waals surface area contributed by atoms with Crippen LogP contribution in [0.15, 0.2) is 75.7 Å². The molecule has 0 radical (unpaired) electrons. The summed E-state index contributed by atoms with van der Waals surface area (Å²) in [6.45, 7) is 3.72. The minimum absolute atomic E-state index is 0.200. The van der Waals surface area contributed by atoms with Crippen molar-refractivity contribution in [2.24, 2.45) is 4.99 Å². The van der Waals surface area contributed by atoms with Gasteiger partial charge in [0, 0.05) is 10.9 Å².